The summed E-state index contributed by atoms with van der Waals surface area (Å²) in [4.78, 5) is 0. The van der Waals surface area contributed by atoms with Crippen LogP contribution in [0.2, 0.25) is 0 Å². The van der Waals surface area contributed by atoms with Gasteiger partial charge in [-0.25, -0.2) is 0 Å². The van der Waals surface area contributed by atoms with Crippen LogP contribution in [-0.4, -0.2) is 56.0 Å². The van der Waals surface area contributed by atoms with Crippen molar-refractivity contribution in [2.45, 2.75) is 69.2 Å². The summed E-state index contributed by atoms with van der Waals surface area (Å²) in [5, 5.41) is 41.2. The highest BCUT2D eigenvalue weighted by molar-refractivity contribution is 5.25. The zero-order valence-electron chi connectivity index (χ0n) is 12.7. The average Bonchev–Trinajstić information content (AvgIpc) is 2.70. The normalized spacial score (nSPS) is 39.7. The molecule has 0 unspecified atom stereocenters. The molecule has 5 atom stereocenters. The van der Waals surface area contributed by atoms with Gasteiger partial charge in [-0.2, -0.15) is 0 Å². The van der Waals surface area contributed by atoms with Crippen LogP contribution in [0.1, 0.15) is 33.6 Å². The molecule has 1 aliphatic carbocycles. The second-order valence-electron chi connectivity index (χ2n) is 6.72. The molecule has 21 heavy (non-hydrogen) atoms. The highest BCUT2D eigenvalue weighted by atomic mass is 16.5. The lowest BCUT2D eigenvalue weighted by Gasteiger charge is -2.41. The number of allylic oxidation sites excluding steroid dienone is 1. The first-order valence-corrected chi connectivity index (χ1v) is 7.13. The zero-order valence-corrected chi connectivity index (χ0v) is 12.7. The molecule has 1 saturated carbocycles. The summed E-state index contributed by atoms with van der Waals surface area (Å²) in [6, 6.07) is 0. The van der Waals surface area contributed by atoms with Gasteiger partial charge in [0.2, 0.25) is 0 Å². The number of aliphatic hydroxyl groups excluding tert-OH is 2. The molecule has 4 N–H and O–H groups in total. The summed E-state index contributed by atoms with van der Waals surface area (Å²) < 4.78 is 5.72. The van der Waals surface area contributed by atoms with E-state index in [9.17, 15) is 20.4 Å². The van der Waals surface area contributed by atoms with Crippen molar-refractivity contribution in [3.05, 3.63) is 29.5 Å². The van der Waals surface area contributed by atoms with Crippen molar-refractivity contribution in [3.8, 4) is 0 Å². The molecule has 1 heterocycles. The summed E-state index contributed by atoms with van der Waals surface area (Å²) in [6.45, 7) is 8.71. The minimum absolute atomic E-state index is 0.0802. The first-order valence-electron chi connectivity index (χ1n) is 7.13. The number of rotatable bonds is 2. The van der Waals surface area contributed by atoms with E-state index in [0.717, 1.165) is 5.57 Å². The van der Waals surface area contributed by atoms with E-state index in [0.29, 0.717) is 5.57 Å². The standard InChI is InChI=1S/C16H24O5/c1-9(2)5-6-10-7-11-16(20,14(18)13(10)17)8-12(21-11)15(3,4)19/h5,11-14,17-20H,1,7-8H2,2-4H3/t6?,11-,12+,13+,14-,16-/m0/s1. The Hall–Kier alpha value is -0.940. The van der Waals surface area contributed by atoms with Crippen LogP contribution in [0, 0.1) is 0 Å². The number of hydrogen-bond acceptors (Lipinski definition) is 5. The third kappa shape index (κ3) is 2.99. The Balaban J connectivity index is 2.32. The molecule has 0 bridgehead atoms. The molecule has 0 amide bonds. The molecule has 1 aliphatic heterocycles. The Labute approximate surface area is 124 Å². The Bertz CT molecular complexity index is 497. The maximum absolute atomic E-state index is 10.7. The smallest absolute Gasteiger partial charge is 0.122 e. The minimum Gasteiger partial charge on any atom is -0.388 e. The van der Waals surface area contributed by atoms with E-state index in [1.807, 2.05) is 0 Å². The van der Waals surface area contributed by atoms with Gasteiger partial charge in [0.15, 0.2) is 0 Å². The van der Waals surface area contributed by atoms with E-state index in [2.05, 4.69) is 12.3 Å². The monoisotopic (exact) mass is 296 g/mol. The summed E-state index contributed by atoms with van der Waals surface area (Å²) in [6.07, 6.45) is -1.89. The summed E-state index contributed by atoms with van der Waals surface area (Å²) >= 11 is 0. The maximum atomic E-state index is 10.7. The van der Waals surface area contributed by atoms with Gasteiger partial charge in [-0.3, -0.25) is 0 Å². The number of hydrogen-bond donors (Lipinski definition) is 4. The van der Waals surface area contributed by atoms with Crippen molar-refractivity contribution in [1.29, 1.82) is 0 Å². The van der Waals surface area contributed by atoms with E-state index in [1.54, 1.807) is 26.8 Å². The van der Waals surface area contributed by atoms with E-state index < -0.39 is 35.6 Å². The van der Waals surface area contributed by atoms with Crippen LogP contribution in [-0.2, 0) is 4.74 Å². The summed E-state index contributed by atoms with van der Waals surface area (Å²) in [5.74, 6) is 0. The van der Waals surface area contributed by atoms with E-state index in [4.69, 9.17) is 4.74 Å². The van der Waals surface area contributed by atoms with Crippen molar-refractivity contribution in [2.75, 3.05) is 0 Å². The Morgan fingerprint density at radius 2 is 2.10 bits per heavy atom. The molecular formula is C16H24O5. The average molecular weight is 296 g/mol. The second-order valence-corrected chi connectivity index (χ2v) is 6.72. The lowest BCUT2D eigenvalue weighted by atomic mass is 9.74. The van der Waals surface area contributed by atoms with Crippen LogP contribution in [0.15, 0.2) is 29.5 Å². The van der Waals surface area contributed by atoms with Crippen LogP contribution >= 0.6 is 0 Å². The van der Waals surface area contributed by atoms with Gasteiger partial charge in [0.25, 0.3) is 0 Å². The molecular weight excluding hydrogens is 272 g/mol. The Kier molecular flexibility index (Phi) is 4.19. The Morgan fingerprint density at radius 1 is 1.48 bits per heavy atom. The minimum atomic E-state index is -1.56. The fraction of sp³-hybridized carbons (Fsp3) is 0.688. The fourth-order valence-corrected chi connectivity index (χ4v) is 2.89. The first-order chi connectivity index (χ1) is 9.55. The third-order valence-electron chi connectivity index (χ3n) is 4.26. The van der Waals surface area contributed by atoms with Gasteiger partial charge in [-0.15, -0.1) is 5.73 Å². The lowest BCUT2D eigenvalue weighted by molar-refractivity contribution is -0.165. The molecule has 0 spiro atoms. The van der Waals surface area contributed by atoms with Crippen molar-refractivity contribution in [2.24, 2.45) is 0 Å². The van der Waals surface area contributed by atoms with Crippen molar-refractivity contribution in [3.63, 3.8) is 0 Å². The highest BCUT2D eigenvalue weighted by Gasteiger charge is 2.59. The van der Waals surface area contributed by atoms with E-state index in [-0.39, 0.29) is 12.8 Å². The fourth-order valence-electron chi connectivity index (χ4n) is 2.89. The molecule has 2 aliphatic rings. The van der Waals surface area contributed by atoms with Gasteiger partial charge < -0.3 is 25.2 Å². The van der Waals surface area contributed by atoms with Crippen molar-refractivity contribution >= 4 is 0 Å². The van der Waals surface area contributed by atoms with E-state index >= 15 is 0 Å². The van der Waals surface area contributed by atoms with Gasteiger partial charge in [-0.05, 0) is 26.8 Å². The number of fused-ring (bicyclic) bond motifs is 1. The highest BCUT2D eigenvalue weighted by Crippen LogP contribution is 2.45. The molecule has 0 radical (unpaired) electrons. The summed E-state index contributed by atoms with van der Waals surface area (Å²) in [5.41, 5.74) is 1.47. The number of aliphatic hydroxyl groups is 4. The zero-order chi connectivity index (χ0) is 16.0. The predicted octanol–water partition coefficient (Wildman–Crippen LogP) is 0.429. The van der Waals surface area contributed by atoms with Crippen LogP contribution in [0.25, 0.3) is 0 Å². The van der Waals surface area contributed by atoms with Crippen molar-refractivity contribution < 1.29 is 25.2 Å². The Morgan fingerprint density at radius 3 is 2.62 bits per heavy atom. The second kappa shape index (κ2) is 5.36. The van der Waals surface area contributed by atoms with Crippen LogP contribution in [0.3, 0.4) is 0 Å². The molecule has 0 aromatic rings. The van der Waals surface area contributed by atoms with Gasteiger partial charge in [-0.1, -0.05) is 12.2 Å². The third-order valence-corrected chi connectivity index (χ3v) is 4.26. The topological polar surface area (TPSA) is 90.2 Å². The SMILES string of the molecule is C=C(C)C=C=C1C[C@@H]2O[C@@H](C(C)(C)O)C[C@@]2(O)[C@@H](O)[C@@H]1O. The van der Waals surface area contributed by atoms with Crippen LogP contribution in [0.5, 0.6) is 0 Å². The van der Waals surface area contributed by atoms with Crippen LogP contribution in [0.4, 0.5) is 0 Å². The largest absolute Gasteiger partial charge is 0.388 e. The molecule has 0 aromatic carbocycles. The molecule has 2 rings (SSSR count). The molecule has 1 saturated heterocycles. The lowest BCUT2D eigenvalue weighted by Crippen LogP contribution is -2.58. The van der Waals surface area contributed by atoms with Crippen molar-refractivity contribution in [1.82, 2.24) is 0 Å². The molecule has 2 fully saturated rings. The molecule has 5 heteroatoms. The van der Waals surface area contributed by atoms with Crippen LogP contribution < -0.4 is 0 Å². The van der Waals surface area contributed by atoms with Gasteiger partial charge >= 0.3 is 0 Å². The number of ether oxygens (including phenoxy) is 1. The summed E-state index contributed by atoms with van der Waals surface area (Å²) in [7, 11) is 0. The van der Waals surface area contributed by atoms with Gasteiger partial charge in [0, 0.05) is 18.4 Å². The quantitative estimate of drug-likeness (QED) is 0.438. The molecule has 0 aromatic heterocycles. The van der Waals surface area contributed by atoms with Gasteiger partial charge in [0.05, 0.1) is 17.8 Å². The van der Waals surface area contributed by atoms with Gasteiger partial charge in [0.1, 0.15) is 17.8 Å². The predicted molar refractivity (Wildman–Crippen MR) is 77.6 cm³/mol. The maximum Gasteiger partial charge on any atom is 0.122 e. The molecule has 5 nitrogen and oxygen atoms in total. The molecule has 118 valence electrons. The van der Waals surface area contributed by atoms with E-state index in [1.165, 1.54) is 0 Å². The first kappa shape index (κ1) is 16.4.